The van der Waals surface area contributed by atoms with Crippen molar-refractivity contribution < 1.29 is 14.3 Å². The zero-order valence-corrected chi connectivity index (χ0v) is 11.1. The number of ether oxygens (including phenoxy) is 1. The van der Waals surface area contributed by atoms with Crippen molar-refractivity contribution in [3.63, 3.8) is 0 Å². The van der Waals surface area contributed by atoms with E-state index in [4.69, 9.17) is 4.74 Å². The van der Waals surface area contributed by atoms with Gasteiger partial charge in [-0.15, -0.1) is 0 Å². The molecule has 2 rings (SSSR count). The van der Waals surface area contributed by atoms with E-state index in [9.17, 15) is 9.59 Å². The van der Waals surface area contributed by atoms with E-state index in [2.05, 4.69) is 10.6 Å². The Morgan fingerprint density at radius 1 is 1.44 bits per heavy atom. The molecule has 2 unspecified atom stereocenters. The predicted molar refractivity (Wildman–Crippen MR) is 66.9 cm³/mol. The molecule has 2 N–H and O–H groups in total. The Bertz CT molecular complexity index is 337. The van der Waals surface area contributed by atoms with Crippen molar-refractivity contribution >= 4 is 11.9 Å². The fraction of sp³-hybridized carbons (Fsp3) is 0.846. The molecule has 0 radical (unpaired) electrons. The third kappa shape index (κ3) is 2.66. The third-order valence-corrected chi connectivity index (χ3v) is 4.10. The molecular weight excluding hydrogens is 232 g/mol. The fourth-order valence-electron chi connectivity index (χ4n) is 2.84. The first-order valence-corrected chi connectivity index (χ1v) is 6.77. The van der Waals surface area contributed by atoms with Gasteiger partial charge in [-0.05, 0) is 51.6 Å². The van der Waals surface area contributed by atoms with Crippen LogP contribution in [-0.4, -0.2) is 37.6 Å². The van der Waals surface area contributed by atoms with E-state index in [0.717, 1.165) is 32.4 Å². The van der Waals surface area contributed by atoms with E-state index >= 15 is 0 Å². The first-order chi connectivity index (χ1) is 8.59. The SMILES string of the molecule is CCOC(=O)C(C)NC(=O)C1CC12CCNCC2. The maximum atomic E-state index is 12.1. The van der Waals surface area contributed by atoms with Gasteiger partial charge >= 0.3 is 5.97 Å². The minimum absolute atomic E-state index is 0.0115. The lowest BCUT2D eigenvalue weighted by Crippen LogP contribution is -2.42. The van der Waals surface area contributed by atoms with Crippen molar-refractivity contribution in [2.45, 2.75) is 39.2 Å². The normalized spacial score (nSPS) is 26.4. The highest BCUT2D eigenvalue weighted by Crippen LogP contribution is 2.58. The Kier molecular flexibility index (Phi) is 3.90. The van der Waals surface area contributed by atoms with Crippen molar-refractivity contribution in [3.05, 3.63) is 0 Å². The van der Waals surface area contributed by atoms with Gasteiger partial charge in [-0.25, -0.2) is 4.79 Å². The van der Waals surface area contributed by atoms with Crippen molar-refractivity contribution in [1.29, 1.82) is 0 Å². The molecule has 0 aromatic rings. The molecule has 5 nitrogen and oxygen atoms in total. The molecular formula is C13H22N2O3. The van der Waals surface area contributed by atoms with E-state index in [1.54, 1.807) is 13.8 Å². The molecule has 1 aliphatic carbocycles. The molecule has 1 amide bonds. The number of carbonyl (C=O) groups is 2. The molecule has 1 saturated heterocycles. The highest BCUT2D eigenvalue weighted by Gasteiger charge is 2.57. The summed E-state index contributed by atoms with van der Waals surface area (Å²) in [4.78, 5) is 23.5. The number of nitrogens with one attached hydrogen (secondary N) is 2. The van der Waals surface area contributed by atoms with Crippen LogP contribution < -0.4 is 10.6 Å². The van der Waals surface area contributed by atoms with Crippen LogP contribution in [0.3, 0.4) is 0 Å². The summed E-state index contributed by atoms with van der Waals surface area (Å²) in [5.41, 5.74) is 0.212. The van der Waals surface area contributed by atoms with Crippen LogP contribution in [0, 0.1) is 11.3 Å². The van der Waals surface area contributed by atoms with E-state index in [0.29, 0.717) is 6.61 Å². The molecule has 2 atom stereocenters. The molecule has 2 aliphatic rings. The topological polar surface area (TPSA) is 67.4 Å². The Morgan fingerprint density at radius 3 is 2.72 bits per heavy atom. The summed E-state index contributed by atoms with van der Waals surface area (Å²) < 4.78 is 4.88. The number of rotatable bonds is 4. The van der Waals surface area contributed by atoms with E-state index in [1.807, 2.05) is 0 Å². The van der Waals surface area contributed by atoms with Crippen LogP contribution >= 0.6 is 0 Å². The largest absolute Gasteiger partial charge is 0.464 e. The first kappa shape index (κ1) is 13.3. The summed E-state index contributed by atoms with van der Waals surface area (Å²) in [5.74, 6) is -0.250. The lowest BCUT2D eigenvalue weighted by Gasteiger charge is -2.23. The predicted octanol–water partition coefficient (Wildman–Crippen LogP) is 0.444. The van der Waals surface area contributed by atoms with Crippen LogP contribution in [0.2, 0.25) is 0 Å². The van der Waals surface area contributed by atoms with Gasteiger partial charge in [0.2, 0.25) is 5.91 Å². The van der Waals surface area contributed by atoms with Crippen LogP contribution in [-0.2, 0) is 14.3 Å². The van der Waals surface area contributed by atoms with Gasteiger partial charge in [0.05, 0.1) is 6.61 Å². The van der Waals surface area contributed by atoms with Gasteiger partial charge < -0.3 is 15.4 Å². The Hall–Kier alpha value is -1.10. The second kappa shape index (κ2) is 5.26. The Morgan fingerprint density at radius 2 is 2.11 bits per heavy atom. The lowest BCUT2D eigenvalue weighted by molar-refractivity contribution is -0.147. The van der Waals surface area contributed by atoms with Crippen molar-refractivity contribution in [1.82, 2.24) is 10.6 Å². The van der Waals surface area contributed by atoms with Gasteiger partial charge in [-0.2, -0.15) is 0 Å². The number of hydrogen-bond donors (Lipinski definition) is 2. The third-order valence-electron chi connectivity index (χ3n) is 4.10. The molecule has 1 saturated carbocycles. The molecule has 0 aromatic carbocycles. The molecule has 1 spiro atoms. The first-order valence-electron chi connectivity index (χ1n) is 6.77. The van der Waals surface area contributed by atoms with Gasteiger partial charge in [-0.1, -0.05) is 0 Å². The molecule has 1 aliphatic heterocycles. The highest BCUT2D eigenvalue weighted by atomic mass is 16.5. The molecule has 5 heteroatoms. The number of esters is 1. The summed E-state index contributed by atoms with van der Waals surface area (Å²) >= 11 is 0. The number of hydrogen-bond acceptors (Lipinski definition) is 4. The fourth-order valence-corrected chi connectivity index (χ4v) is 2.84. The molecule has 102 valence electrons. The maximum Gasteiger partial charge on any atom is 0.328 e. The van der Waals surface area contributed by atoms with Gasteiger partial charge in [0, 0.05) is 5.92 Å². The average molecular weight is 254 g/mol. The smallest absolute Gasteiger partial charge is 0.328 e. The minimum atomic E-state index is -0.545. The molecule has 0 aromatic heterocycles. The van der Waals surface area contributed by atoms with E-state index in [1.165, 1.54) is 0 Å². The molecule has 0 bridgehead atoms. The van der Waals surface area contributed by atoms with Crippen LogP contribution in [0.4, 0.5) is 0 Å². The summed E-state index contributed by atoms with van der Waals surface area (Å²) in [7, 11) is 0. The maximum absolute atomic E-state index is 12.1. The van der Waals surface area contributed by atoms with Crippen molar-refractivity contribution in [2.75, 3.05) is 19.7 Å². The van der Waals surface area contributed by atoms with Crippen LogP contribution in [0.1, 0.15) is 33.1 Å². The van der Waals surface area contributed by atoms with Gasteiger partial charge in [0.1, 0.15) is 6.04 Å². The Labute approximate surface area is 108 Å². The van der Waals surface area contributed by atoms with Crippen LogP contribution in [0.15, 0.2) is 0 Å². The molecule has 2 fully saturated rings. The summed E-state index contributed by atoms with van der Waals surface area (Å²) in [6.07, 6.45) is 3.10. The van der Waals surface area contributed by atoms with Crippen molar-refractivity contribution in [3.8, 4) is 0 Å². The quantitative estimate of drug-likeness (QED) is 0.715. The second-order valence-corrected chi connectivity index (χ2v) is 5.35. The van der Waals surface area contributed by atoms with Gasteiger partial charge in [0.25, 0.3) is 0 Å². The van der Waals surface area contributed by atoms with Crippen molar-refractivity contribution in [2.24, 2.45) is 11.3 Å². The summed E-state index contributed by atoms with van der Waals surface area (Å²) in [6.45, 7) is 5.78. The van der Waals surface area contributed by atoms with E-state index < -0.39 is 6.04 Å². The second-order valence-electron chi connectivity index (χ2n) is 5.35. The summed E-state index contributed by atoms with van der Waals surface area (Å²) in [6, 6.07) is -0.545. The number of piperidine rings is 1. The lowest BCUT2D eigenvalue weighted by atomic mass is 9.91. The van der Waals surface area contributed by atoms with Crippen LogP contribution in [0.25, 0.3) is 0 Å². The number of amides is 1. The zero-order valence-electron chi connectivity index (χ0n) is 11.1. The average Bonchev–Trinajstić information content (AvgIpc) is 3.04. The Balaban J connectivity index is 1.81. The van der Waals surface area contributed by atoms with Gasteiger partial charge in [0.15, 0.2) is 0 Å². The highest BCUT2D eigenvalue weighted by molar-refractivity contribution is 5.87. The number of carbonyl (C=O) groups excluding carboxylic acids is 2. The van der Waals surface area contributed by atoms with Gasteiger partial charge in [-0.3, -0.25) is 4.79 Å². The van der Waals surface area contributed by atoms with Crippen LogP contribution in [0.5, 0.6) is 0 Å². The monoisotopic (exact) mass is 254 g/mol. The standard InChI is InChI=1S/C13H22N2O3/c1-3-18-12(17)9(2)15-11(16)10-8-13(10)4-6-14-7-5-13/h9-10,14H,3-8H2,1-2H3,(H,15,16). The molecule has 18 heavy (non-hydrogen) atoms. The van der Waals surface area contributed by atoms with E-state index in [-0.39, 0.29) is 23.2 Å². The molecule has 1 heterocycles. The summed E-state index contributed by atoms with van der Waals surface area (Å²) in [5, 5.41) is 6.07. The zero-order chi connectivity index (χ0) is 13.2. The minimum Gasteiger partial charge on any atom is -0.464 e.